The third kappa shape index (κ3) is 3.08. The first-order chi connectivity index (χ1) is 12.2. The van der Waals surface area contributed by atoms with Crippen molar-refractivity contribution in [3.05, 3.63) is 69.4 Å². The molecule has 0 bridgehead atoms. The first-order valence-corrected chi connectivity index (χ1v) is 9.91. The molecule has 0 amide bonds. The minimum absolute atomic E-state index is 0.334. The molecule has 1 atom stereocenters. The van der Waals surface area contributed by atoms with E-state index in [1.54, 1.807) is 17.4 Å². The number of nitrogens with one attached hydrogen (secondary N) is 1. The highest BCUT2D eigenvalue weighted by Gasteiger charge is 2.39. The quantitative estimate of drug-likeness (QED) is 0.639. The second-order valence-corrected chi connectivity index (χ2v) is 7.79. The monoisotopic (exact) mass is 389 g/mol. The molecule has 1 N–H and O–H groups in total. The summed E-state index contributed by atoms with van der Waals surface area (Å²) < 4.78 is 0. The van der Waals surface area contributed by atoms with Crippen LogP contribution in [0, 0.1) is 0 Å². The van der Waals surface area contributed by atoms with Crippen molar-refractivity contribution in [3.63, 3.8) is 0 Å². The molecule has 128 valence electrons. The molecule has 3 aromatic rings. The van der Waals surface area contributed by atoms with E-state index in [2.05, 4.69) is 21.7 Å². The molecule has 25 heavy (non-hydrogen) atoms. The van der Waals surface area contributed by atoms with Gasteiger partial charge in [0.05, 0.1) is 21.4 Å². The van der Waals surface area contributed by atoms with Gasteiger partial charge in [-0.25, -0.2) is 4.98 Å². The lowest BCUT2D eigenvalue weighted by molar-refractivity contribution is 0.297. The van der Waals surface area contributed by atoms with Gasteiger partial charge in [-0.1, -0.05) is 41.4 Å². The lowest BCUT2D eigenvalue weighted by Crippen LogP contribution is -2.47. The van der Waals surface area contributed by atoms with Crippen LogP contribution in [0.3, 0.4) is 0 Å². The minimum Gasteiger partial charge on any atom is -0.301 e. The lowest BCUT2D eigenvalue weighted by Gasteiger charge is -2.36. The third-order valence-corrected chi connectivity index (χ3v) is 6.33. The largest absolute Gasteiger partial charge is 0.301 e. The zero-order valence-corrected chi connectivity index (χ0v) is 15.8. The van der Waals surface area contributed by atoms with Crippen LogP contribution >= 0.6 is 34.5 Å². The van der Waals surface area contributed by atoms with E-state index in [9.17, 15) is 0 Å². The van der Waals surface area contributed by atoms with E-state index in [1.807, 2.05) is 30.5 Å². The van der Waals surface area contributed by atoms with Gasteiger partial charge in [0.15, 0.2) is 0 Å². The summed E-state index contributed by atoms with van der Waals surface area (Å²) in [5.74, 6) is 0. The summed E-state index contributed by atoms with van der Waals surface area (Å²) in [6.45, 7) is 0.960. The molecule has 0 spiro atoms. The van der Waals surface area contributed by atoms with Gasteiger partial charge in [0, 0.05) is 17.1 Å². The molecular weight excluding hydrogens is 373 g/mol. The predicted octanol–water partition coefficient (Wildman–Crippen LogP) is 5.53. The fourth-order valence-electron chi connectivity index (χ4n) is 3.35. The Bertz CT molecular complexity index is 873. The molecule has 1 aliphatic heterocycles. The number of hydrogen-bond donors (Lipinski definition) is 1. The molecule has 2 aromatic heterocycles. The zero-order chi connectivity index (χ0) is 17.3. The lowest BCUT2D eigenvalue weighted by atomic mass is 9.83. The maximum Gasteiger partial charge on any atom is 0.125 e. The van der Waals surface area contributed by atoms with Crippen LogP contribution in [0.15, 0.2) is 48.0 Å². The third-order valence-electron chi connectivity index (χ3n) is 4.63. The van der Waals surface area contributed by atoms with E-state index in [0.717, 1.165) is 41.3 Å². The minimum atomic E-state index is -0.334. The zero-order valence-electron chi connectivity index (χ0n) is 13.5. The summed E-state index contributed by atoms with van der Waals surface area (Å²) in [5, 5.41) is 7.77. The van der Waals surface area contributed by atoms with E-state index in [1.165, 1.54) is 6.42 Å². The van der Waals surface area contributed by atoms with E-state index < -0.39 is 0 Å². The van der Waals surface area contributed by atoms with Crippen molar-refractivity contribution in [3.8, 4) is 10.6 Å². The molecule has 1 aliphatic rings. The average Bonchev–Trinajstić information content (AvgIpc) is 3.16. The van der Waals surface area contributed by atoms with Crippen LogP contribution in [-0.2, 0) is 5.54 Å². The van der Waals surface area contributed by atoms with Gasteiger partial charge in [-0.05, 0) is 44.0 Å². The van der Waals surface area contributed by atoms with E-state index >= 15 is 0 Å². The highest BCUT2D eigenvalue weighted by molar-refractivity contribution is 7.13. The topological polar surface area (TPSA) is 37.8 Å². The molecule has 3 nitrogen and oxygen atoms in total. The maximum absolute atomic E-state index is 6.38. The predicted molar refractivity (Wildman–Crippen MR) is 104 cm³/mol. The highest BCUT2D eigenvalue weighted by atomic mass is 35.5. The Morgan fingerprint density at radius 3 is 2.72 bits per heavy atom. The number of thiazole rings is 1. The standard InChI is InChI=1S/C19H17Cl2N3S/c20-14-7-5-6-13(17(14)21)18-24-16(12-25-18)19(9-2-4-11-23-19)15-8-1-3-10-22-15/h1,3,5-8,10,12,23H,2,4,9,11H2/t19-/m0/s1. The molecule has 1 aromatic carbocycles. The van der Waals surface area contributed by atoms with Crippen LogP contribution in [0.25, 0.3) is 10.6 Å². The van der Waals surface area contributed by atoms with Gasteiger partial charge in [0.1, 0.15) is 10.5 Å². The summed E-state index contributed by atoms with van der Waals surface area (Å²) in [4.78, 5) is 9.55. The normalized spacial score (nSPS) is 20.6. The van der Waals surface area contributed by atoms with Gasteiger partial charge in [-0.15, -0.1) is 11.3 Å². The van der Waals surface area contributed by atoms with Crippen LogP contribution in [0.1, 0.15) is 30.7 Å². The number of nitrogens with zero attached hydrogens (tertiary/aromatic N) is 2. The summed E-state index contributed by atoms with van der Waals surface area (Å²) in [5.41, 5.74) is 2.56. The van der Waals surface area contributed by atoms with Crippen LogP contribution < -0.4 is 5.32 Å². The second kappa shape index (κ2) is 7.04. The second-order valence-electron chi connectivity index (χ2n) is 6.14. The Morgan fingerprint density at radius 1 is 1.04 bits per heavy atom. The highest BCUT2D eigenvalue weighted by Crippen LogP contribution is 2.40. The number of aromatic nitrogens is 2. The first kappa shape index (κ1) is 17.0. The van der Waals surface area contributed by atoms with Crippen molar-refractivity contribution < 1.29 is 0 Å². The van der Waals surface area contributed by atoms with Crippen LogP contribution in [0.4, 0.5) is 0 Å². The molecule has 0 saturated carbocycles. The van der Waals surface area contributed by atoms with Gasteiger partial charge in [0.25, 0.3) is 0 Å². The van der Waals surface area contributed by atoms with E-state index in [4.69, 9.17) is 28.2 Å². The number of pyridine rings is 1. The number of benzene rings is 1. The van der Waals surface area contributed by atoms with E-state index in [0.29, 0.717) is 10.0 Å². The van der Waals surface area contributed by atoms with Gasteiger partial charge in [0.2, 0.25) is 0 Å². The van der Waals surface area contributed by atoms with Gasteiger partial charge >= 0.3 is 0 Å². The molecule has 1 fully saturated rings. The van der Waals surface area contributed by atoms with Crippen molar-refractivity contribution >= 4 is 34.5 Å². The molecule has 0 unspecified atom stereocenters. The first-order valence-electron chi connectivity index (χ1n) is 8.28. The fraction of sp³-hybridized carbons (Fsp3) is 0.263. The molecule has 4 rings (SSSR count). The smallest absolute Gasteiger partial charge is 0.125 e. The number of rotatable bonds is 3. The van der Waals surface area contributed by atoms with Crippen molar-refractivity contribution in [2.45, 2.75) is 24.8 Å². The maximum atomic E-state index is 6.38. The summed E-state index contributed by atoms with van der Waals surface area (Å²) in [6, 6.07) is 11.7. The summed E-state index contributed by atoms with van der Waals surface area (Å²) in [7, 11) is 0. The Balaban J connectivity index is 1.80. The van der Waals surface area contributed by atoms with Crippen LogP contribution in [-0.4, -0.2) is 16.5 Å². The molecule has 1 saturated heterocycles. The van der Waals surface area contributed by atoms with Crippen molar-refractivity contribution in [1.82, 2.24) is 15.3 Å². The van der Waals surface area contributed by atoms with E-state index in [-0.39, 0.29) is 5.54 Å². The Kier molecular flexibility index (Phi) is 4.78. The fourth-order valence-corrected chi connectivity index (χ4v) is 4.72. The summed E-state index contributed by atoms with van der Waals surface area (Å²) in [6.07, 6.45) is 5.14. The number of hydrogen-bond acceptors (Lipinski definition) is 4. The Morgan fingerprint density at radius 2 is 1.96 bits per heavy atom. The molecular formula is C19H17Cl2N3S. The number of halogens is 2. The van der Waals surface area contributed by atoms with Gasteiger partial charge < -0.3 is 5.32 Å². The Labute approximate surface area is 161 Å². The average molecular weight is 390 g/mol. The molecule has 3 heterocycles. The van der Waals surface area contributed by atoms with Gasteiger partial charge in [-0.3, -0.25) is 4.98 Å². The summed E-state index contributed by atoms with van der Waals surface area (Å²) >= 11 is 14.1. The molecule has 0 aliphatic carbocycles. The van der Waals surface area contributed by atoms with Gasteiger partial charge in [-0.2, -0.15) is 0 Å². The SMILES string of the molecule is Clc1cccc(-c2nc([C@@]3(c4ccccn4)CCCCN3)cs2)c1Cl. The van der Waals surface area contributed by atoms with Crippen LogP contribution in [0.2, 0.25) is 10.0 Å². The molecule has 6 heteroatoms. The Hall–Kier alpha value is -1.46. The van der Waals surface area contributed by atoms with Crippen molar-refractivity contribution in [2.24, 2.45) is 0 Å². The molecule has 0 radical (unpaired) electrons. The number of piperidine rings is 1. The van der Waals surface area contributed by atoms with Crippen molar-refractivity contribution in [2.75, 3.05) is 6.54 Å². The van der Waals surface area contributed by atoms with Crippen LogP contribution in [0.5, 0.6) is 0 Å². The van der Waals surface area contributed by atoms with Crippen molar-refractivity contribution in [1.29, 1.82) is 0 Å².